The van der Waals surface area contributed by atoms with Gasteiger partial charge in [-0.1, -0.05) is 78.3 Å². The van der Waals surface area contributed by atoms with Gasteiger partial charge in [0.2, 0.25) is 10.0 Å². The van der Waals surface area contributed by atoms with Gasteiger partial charge in [0.25, 0.3) is 5.91 Å². The lowest BCUT2D eigenvalue weighted by atomic mass is 9.99. The van der Waals surface area contributed by atoms with Crippen molar-refractivity contribution in [3.05, 3.63) is 130 Å². The van der Waals surface area contributed by atoms with Crippen LogP contribution in [0.4, 0.5) is 24.5 Å². The van der Waals surface area contributed by atoms with Gasteiger partial charge in [0.1, 0.15) is 0 Å². The van der Waals surface area contributed by atoms with E-state index in [0.29, 0.717) is 17.0 Å². The largest absolute Gasteiger partial charge is 0.416 e. The van der Waals surface area contributed by atoms with Crippen LogP contribution in [0.1, 0.15) is 34.0 Å². The molecule has 4 rings (SSSR count). The third-order valence-corrected chi connectivity index (χ3v) is 8.15. The highest BCUT2D eigenvalue weighted by atomic mass is 35.5. The zero-order valence-corrected chi connectivity index (χ0v) is 25.0. The molecule has 6 nitrogen and oxygen atoms in total. The van der Waals surface area contributed by atoms with Crippen molar-refractivity contribution in [2.75, 3.05) is 10.6 Å². The number of nitrogens with one attached hydrogen (secondary N) is 2. The van der Waals surface area contributed by atoms with Crippen LogP contribution in [-0.4, -0.2) is 32.7 Å². The molecule has 0 bridgehead atoms. The smallest absolute Gasteiger partial charge is 0.347 e. The van der Waals surface area contributed by atoms with Crippen molar-refractivity contribution >= 4 is 38.9 Å². The highest BCUT2D eigenvalue weighted by Crippen LogP contribution is 2.33. The van der Waals surface area contributed by atoms with E-state index in [0.717, 1.165) is 28.3 Å². The third-order valence-electron chi connectivity index (χ3n) is 6.84. The Kier molecular flexibility index (Phi) is 10.2. The second-order valence-electron chi connectivity index (χ2n) is 10.2. The molecule has 0 aliphatic heterocycles. The summed E-state index contributed by atoms with van der Waals surface area (Å²) >= 11 is 6.15. The highest BCUT2D eigenvalue weighted by Gasteiger charge is 2.31. The number of hydrogen-bond acceptors (Lipinski definition) is 4. The zero-order chi connectivity index (χ0) is 31.2. The van der Waals surface area contributed by atoms with E-state index in [9.17, 15) is 26.4 Å². The van der Waals surface area contributed by atoms with E-state index >= 15 is 0 Å². The number of para-hydroxylation sites is 1. The van der Waals surface area contributed by atoms with Gasteiger partial charge in [0, 0.05) is 23.7 Å². The van der Waals surface area contributed by atoms with Crippen molar-refractivity contribution in [2.45, 2.75) is 38.1 Å². The van der Waals surface area contributed by atoms with Crippen LogP contribution in [0, 0.1) is 0 Å². The molecule has 1 amide bonds. The summed E-state index contributed by atoms with van der Waals surface area (Å²) in [6.45, 7) is 1.97. The normalized spacial score (nSPS) is 13.3. The fraction of sp³-hybridized carbons (Fsp3) is 0.219. The van der Waals surface area contributed by atoms with Gasteiger partial charge in [-0.2, -0.15) is 13.2 Å². The van der Waals surface area contributed by atoms with Crippen LogP contribution in [0.25, 0.3) is 0 Å². The molecule has 43 heavy (non-hydrogen) atoms. The Morgan fingerprint density at radius 3 is 2.21 bits per heavy atom. The summed E-state index contributed by atoms with van der Waals surface area (Å²) in [4.78, 5) is 13.8. The Bertz CT molecular complexity index is 1670. The maximum Gasteiger partial charge on any atom is 0.416 e. The lowest BCUT2D eigenvalue weighted by Crippen LogP contribution is -2.49. The molecule has 0 heterocycles. The minimum Gasteiger partial charge on any atom is -0.347 e. The Morgan fingerprint density at radius 1 is 0.884 bits per heavy atom. The summed E-state index contributed by atoms with van der Waals surface area (Å²) in [6, 6.07) is 26.3. The lowest BCUT2D eigenvalue weighted by molar-refractivity contribution is -0.137. The Hall–Kier alpha value is -3.86. The van der Waals surface area contributed by atoms with Crippen molar-refractivity contribution in [3.63, 3.8) is 0 Å². The summed E-state index contributed by atoms with van der Waals surface area (Å²) in [5, 5.41) is 6.61. The second-order valence-corrected chi connectivity index (χ2v) is 12.4. The SMILES string of the molecule is C[C@@H](NCc1cccc(C(F)(F)F)c1)[C@H](Cc1ccccc1)NC(=O)c1ccccc1N(c1cccc(Cl)c1)S(C)(=O)=O. The number of hydrogen-bond donors (Lipinski definition) is 2. The summed E-state index contributed by atoms with van der Waals surface area (Å²) in [5.41, 5.74) is 1.18. The molecule has 4 aromatic rings. The molecule has 0 aliphatic rings. The number of nitrogens with zero attached hydrogens (tertiary/aromatic N) is 1. The first kappa shape index (κ1) is 32.1. The number of carbonyl (C=O) groups excluding carboxylic acids is 1. The lowest BCUT2D eigenvalue weighted by Gasteiger charge is -2.28. The number of anilines is 2. The number of amides is 1. The van der Waals surface area contributed by atoms with Crippen LogP contribution in [0.2, 0.25) is 5.02 Å². The van der Waals surface area contributed by atoms with Crippen LogP contribution in [0.5, 0.6) is 0 Å². The standard InChI is InChI=1S/C32H31ClF3N3O3S/c1-22(37-21-24-12-8-13-25(18-24)32(34,35)36)29(19-23-10-4-3-5-11-23)38-31(40)28-16-6-7-17-30(28)39(43(2,41)42)27-15-9-14-26(33)20-27/h3-18,20,22,29,37H,19,21H2,1-2H3,(H,38,40)/t22-,29+/m1/s1. The van der Waals surface area contributed by atoms with Crippen molar-refractivity contribution in [3.8, 4) is 0 Å². The summed E-state index contributed by atoms with van der Waals surface area (Å²) in [7, 11) is -3.89. The van der Waals surface area contributed by atoms with E-state index in [1.807, 2.05) is 37.3 Å². The van der Waals surface area contributed by atoms with Gasteiger partial charge in [-0.05, 0) is 60.9 Å². The van der Waals surface area contributed by atoms with Crippen LogP contribution in [0.3, 0.4) is 0 Å². The van der Waals surface area contributed by atoms with E-state index in [2.05, 4.69) is 10.6 Å². The molecule has 0 aromatic heterocycles. The molecular weight excluding hydrogens is 599 g/mol. The van der Waals surface area contributed by atoms with Gasteiger partial charge >= 0.3 is 6.18 Å². The molecule has 2 N–H and O–H groups in total. The molecule has 0 saturated heterocycles. The number of alkyl halides is 3. The van der Waals surface area contributed by atoms with Gasteiger partial charge in [0.15, 0.2) is 0 Å². The van der Waals surface area contributed by atoms with Crippen molar-refractivity contribution in [1.82, 2.24) is 10.6 Å². The fourth-order valence-electron chi connectivity index (χ4n) is 4.70. The van der Waals surface area contributed by atoms with Crippen LogP contribution >= 0.6 is 11.6 Å². The Balaban J connectivity index is 1.62. The molecule has 2 atom stereocenters. The maximum atomic E-state index is 13.8. The first-order valence-electron chi connectivity index (χ1n) is 13.4. The van der Waals surface area contributed by atoms with Crippen molar-refractivity contribution in [1.29, 1.82) is 0 Å². The van der Waals surface area contributed by atoms with Gasteiger partial charge < -0.3 is 10.6 Å². The average molecular weight is 630 g/mol. The monoisotopic (exact) mass is 629 g/mol. The number of halogens is 4. The van der Waals surface area contributed by atoms with E-state index in [4.69, 9.17) is 11.6 Å². The number of benzene rings is 4. The number of carbonyl (C=O) groups is 1. The maximum absolute atomic E-state index is 13.8. The third kappa shape index (κ3) is 8.59. The first-order valence-corrected chi connectivity index (χ1v) is 15.6. The zero-order valence-electron chi connectivity index (χ0n) is 23.5. The molecule has 4 aromatic carbocycles. The van der Waals surface area contributed by atoms with E-state index in [-0.39, 0.29) is 29.5 Å². The molecular formula is C32H31ClF3N3O3S. The van der Waals surface area contributed by atoms with Gasteiger partial charge in [-0.3, -0.25) is 4.79 Å². The predicted molar refractivity (Wildman–Crippen MR) is 164 cm³/mol. The molecule has 226 valence electrons. The minimum atomic E-state index is -4.45. The van der Waals surface area contributed by atoms with Crippen LogP contribution in [-0.2, 0) is 29.2 Å². The quantitative estimate of drug-likeness (QED) is 0.188. The Morgan fingerprint density at radius 2 is 1.53 bits per heavy atom. The molecule has 0 saturated carbocycles. The summed E-state index contributed by atoms with van der Waals surface area (Å²) in [5.74, 6) is -0.514. The number of sulfonamides is 1. The molecule has 0 fully saturated rings. The molecule has 0 aliphatic carbocycles. The van der Waals surface area contributed by atoms with Gasteiger partial charge in [-0.15, -0.1) is 0 Å². The second kappa shape index (κ2) is 13.6. The molecule has 11 heteroatoms. The van der Waals surface area contributed by atoms with E-state index < -0.39 is 33.7 Å². The van der Waals surface area contributed by atoms with Gasteiger partial charge in [0.05, 0.1) is 28.8 Å². The number of rotatable bonds is 11. The van der Waals surface area contributed by atoms with Crippen LogP contribution in [0.15, 0.2) is 103 Å². The average Bonchev–Trinajstić information content (AvgIpc) is 2.95. The first-order chi connectivity index (χ1) is 20.3. The van der Waals surface area contributed by atoms with E-state index in [1.54, 1.807) is 42.5 Å². The van der Waals surface area contributed by atoms with Crippen molar-refractivity contribution < 1.29 is 26.4 Å². The minimum absolute atomic E-state index is 0.121. The fourth-order valence-corrected chi connectivity index (χ4v) is 5.90. The van der Waals surface area contributed by atoms with Crippen LogP contribution < -0.4 is 14.9 Å². The predicted octanol–water partition coefficient (Wildman–Crippen LogP) is 6.98. The topological polar surface area (TPSA) is 78.5 Å². The molecule has 0 spiro atoms. The highest BCUT2D eigenvalue weighted by molar-refractivity contribution is 7.92. The summed E-state index contributed by atoms with van der Waals surface area (Å²) in [6.07, 6.45) is -3.00. The van der Waals surface area contributed by atoms with Crippen molar-refractivity contribution in [2.24, 2.45) is 0 Å². The summed E-state index contributed by atoms with van der Waals surface area (Å²) < 4.78 is 66.7. The molecule has 0 unspecified atom stereocenters. The Labute approximate surface area is 254 Å². The molecule has 0 radical (unpaired) electrons. The van der Waals surface area contributed by atoms with Gasteiger partial charge in [-0.25, -0.2) is 12.7 Å². The van der Waals surface area contributed by atoms with E-state index in [1.165, 1.54) is 18.2 Å².